The SMILES string of the molecule is CS(=O)(=O)c1ccc(NC(=O)c2nc(Cl)ccc2Cl)cn1. The van der Waals surface area contributed by atoms with Gasteiger partial charge in [-0.2, -0.15) is 0 Å². The molecule has 9 heteroatoms. The van der Waals surface area contributed by atoms with Gasteiger partial charge in [0.25, 0.3) is 5.91 Å². The molecule has 0 unspecified atom stereocenters. The van der Waals surface area contributed by atoms with Gasteiger partial charge in [-0.1, -0.05) is 23.2 Å². The number of sulfone groups is 1. The minimum atomic E-state index is -3.39. The van der Waals surface area contributed by atoms with Crippen LogP contribution < -0.4 is 5.32 Å². The number of aromatic nitrogens is 2. The zero-order valence-corrected chi connectivity index (χ0v) is 13.0. The van der Waals surface area contributed by atoms with Crippen LogP contribution in [-0.2, 0) is 9.84 Å². The maximum atomic E-state index is 12.0. The van der Waals surface area contributed by atoms with Crippen LogP contribution in [0.1, 0.15) is 10.5 Å². The second-order valence-electron chi connectivity index (χ2n) is 4.08. The zero-order valence-electron chi connectivity index (χ0n) is 10.7. The first-order valence-electron chi connectivity index (χ1n) is 5.57. The van der Waals surface area contributed by atoms with E-state index in [4.69, 9.17) is 23.2 Å². The van der Waals surface area contributed by atoms with Gasteiger partial charge < -0.3 is 5.32 Å². The summed E-state index contributed by atoms with van der Waals surface area (Å²) in [4.78, 5) is 19.6. The molecule has 21 heavy (non-hydrogen) atoms. The standard InChI is InChI=1S/C12H9Cl2N3O3S/c1-21(19,20)10-5-2-7(6-15-10)16-12(18)11-8(13)3-4-9(14)17-11/h2-6H,1H3,(H,16,18). The summed E-state index contributed by atoms with van der Waals surface area (Å²) in [6.07, 6.45) is 2.27. The topological polar surface area (TPSA) is 89.0 Å². The van der Waals surface area contributed by atoms with E-state index in [2.05, 4.69) is 15.3 Å². The number of carbonyl (C=O) groups is 1. The Bertz CT molecular complexity index is 792. The third-order valence-corrected chi connectivity index (χ3v) is 3.92. The Balaban J connectivity index is 2.22. The van der Waals surface area contributed by atoms with Gasteiger partial charge in [-0.25, -0.2) is 18.4 Å². The third kappa shape index (κ3) is 3.90. The van der Waals surface area contributed by atoms with Gasteiger partial charge in [0.15, 0.2) is 14.9 Å². The second kappa shape index (κ2) is 5.97. The number of nitrogens with one attached hydrogen (secondary N) is 1. The van der Waals surface area contributed by atoms with Crippen molar-refractivity contribution in [1.82, 2.24) is 9.97 Å². The van der Waals surface area contributed by atoms with Crippen LogP contribution in [0, 0.1) is 0 Å². The average molecular weight is 346 g/mol. The van der Waals surface area contributed by atoms with E-state index in [1.807, 2.05) is 0 Å². The predicted molar refractivity (Wildman–Crippen MR) is 79.6 cm³/mol. The van der Waals surface area contributed by atoms with E-state index in [1.54, 1.807) is 0 Å². The Morgan fingerprint density at radius 3 is 2.48 bits per heavy atom. The van der Waals surface area contributed by atoms with E-state index < -0.39 is 15.7 Å². The summed E-state index contributed by atoms with van der Waals surface area (Å²) in [5.74, 6) is -0.573. The summed E-state index contributed by atoms with van der Waals surface area (Å²) in [5.41, 5.74) is 0.279. The summed E-state index contributed by atoms with van der Waals surface area (Å²) < 4.78 is 22.6. The van der Waals surface area contributed by atoms with Crippen LogP contribution in [0.2, 0.25) is 10.2 Å². The maximum Gasteiger partial charge on any atom is 0.275 e. The average Bonchev–Trinajstić information content (AvgIpc) is 2.41. The van der Waals surface area contributed by atoms with Gasteiger partial charge in [0.2, 0.25) is 0 Å². The molecule has 0 aliphatic heterocycles. The van der Waals surface area contributed by atoms with Gasteiger partial charge in [-0.3, -0.25) is 4.79 Å². The molecular weight excluding hydrogens is 337 g/mol. The smallest absolute Gasteiger partial charge is 0.275 e. The lowest BCUT2D eigenvalue weighted by molar-refractivity contribution is 0.102. The van der Waals surface area contributed by atoms with E-state index in [-0.39, 0.29) is 20.9 Å². The molecule has 0 aliphatic rings. The number of halogens is 2. The highest BCUT2D eigenvalue weighted by molar-refractivity contribution is 7.90. The van der Waals surface area contributed by atoms with Crippen molar-refractivity contribution in [1.29, 1.82) is 0 Å². The minimum absolute atomic E-state index is 0.0312. The molecule has 0 saturated heterocycles. The third-order valence-electron chi connectivity index (χ3n) is 2.40. The van der Waals surface area contributed by atoms with E-state index in [0.29, 0.717) is 5.69 Å². The molecule has 2 rings (SSSR count). The fraction of sp³-hybridized carbons (Fsp3) is 0.0833. The molecular formula is C12H9Cl2N3O3S. The van der Waals surface area contributed by atoms with E-state index in [9.17, 15) is 13.2 Å². The van der Waals surface area contributed by atoms with Gasteiger partial charge in [-0.15, -0.1) is 0 Å². The maximum absolute atomic E-state index is 12.0. The van der Waals surface area contributed by atoms with E-state index >= 15 is 0 Å². The highest BCUT2D eigenvalue weighted by Crippen LogP contribution is 2.18. The van der Waals surface area contributed by atoms with Crippen molar-refractivity contribution >= 4 is 44.6 Å². The monoisotopic (exact) mass is 345 g/mol. The van der Waals surface area contributed by atoms with Crippen LogP contribution in [0.5, 0.6) is 0 Å². The van der Waals surface area contributed by atoms with Gasteiger partial charge in [0.05, 0.1) is 16.9 Å². The molecule has 2 aromatic heterocycles. The second-order valence-corrected chi connectivity index (χ2v) is 6.83. The first kappa shape index (κ1) is 15.7. The summed E-state index contributed by atoms with van der Waals surface area (Å²) in [5, 5.41) is 2.70. The molecule has 0 spiro atoms. The number of anilines is 1. The Morgan fingerprint density at radius 1 is 1.19 bits per heavy atom. The van der Waals surface area contributed by atoms with Crippen molar-refractivity contribution in [2.45, 2.75) is 5.03 Å². The molecule has 2 heterocycles. The fourth-order valence-electron chi connectivity index (χ4n) is 1.44. The summed E-state index contributed by atoms with van der Waals surface area (Å²) in [7, 11) is -3.39. The molecule has 6 nitrogen and oxygen atoms in total. The molecule has 110 valence electrons. The van der Waals surface area contributed by atoms with Crippen LogP contribution in [0.15, 0.2) is 35.5 Å². The number of pyridine rings is 2. The van der Waals surface area contributed by atoms with Crippen molar-refractivity contribution in [3.8, 4) is 0 Å². The number of nitrogens with zero attached hydrogens (tertiary/aromatic N) is 2. The van der Waals surface area contributed by atoms with Crippen molar-refractivity contribution < 1.29 is 13.2 Å². The lowest BCUT2D eigenvalue weighted by atomic mass is 10.3. The molecule has 0 saturated carbocycles. The van der Waals surface area contributed by atoms with Gasteiger partial charge in [0, 0.05) is 6.26 Å². The summed E-state index contributed by atoms with van der Waals surface area (Å²) in [6.45, 7) is 0. The number of hydrogen-bond acceptors (Lipinski definition) is 5. The van der Waals surface area contributed by atoms with Crippen molar-refractivity contribution in [3.05, 3.63) is 46.3 Å². The van der Waals surface area contributed by atoms with Crippen LogP contribution in [0.4, 0.5) is 5.69 Å². The Kier molecular flexibility index (Phi) is 4.46. The van der Waals surface area contributed by atoms with Crippen LogP contribution in [-0.4, -0.2) is 30.5 Å². The van der Waals surface area contributed by atoms with Crippen LogP contribution >= 0.6 is 23.2 Å². The van der Waals surface area contributed by atoms with E-state index in [1.165, 1.54) is 30.5 Å². The zero-order chi connectivity index (χ0) is 15.6. The molecule has 0 atom stereocenters. The highest BCUT2D eigenvalue weighted by atomic mass is 35.5. The molecule has 0 bridgehead atoms. The lowest BCUT2D eigenvalue weighted by Gasteiger charge is -2.06. The molecule has 0 aliphatic carbocycles. The molecule has 1 amide bonds. The lowest BCUT2D eigenvalue weighted by Crippen LogP contribution is -2.14. The Labute approximate surface area is 131 Å². The molecule has 0 aromatic carbocycles. The molecule has 0 radical (unpaired) electrons. The fourth-order valence-corrected chi connectivity index (χ4v) is 2.34. The summed E-state index contributed by atoms with van der Waals surface area (Å²) >= 11 is 11.6. The quantitative estimate of drug-likeness (QED) is 0.863. The van der Waals surface area contributed by atoms with Crippen LogP contribution in [0.25, 0.3) is 0 Å². The Hall–Kier alpha value is -1.70. The number of carbonyl (C=O) groups excluding carboxylic acids is 1. The first-order chi connectivity index (χ1) is 9.77. The van der Waals surface area contributed by atoms with Gasteiger partial charge in [-0.05, 0) is 24.3 Å². The van der Waals surface area contributed by atoms with Gasteiger partial charge >= 0.3 is 0 Å². The van der Waals surface area contributed by atoms with Crippen molar-refractivity contribution in [2.24, 2.45) is 0 Å². The number of amides is 1. The largest absolute Gasteiger partial charge is 0.319 e. The Morgan fingerprint density at radius 2 is 1.90 bits per heavy atom. The van der Waals surface area contributed by atoms with Crippen molar-refractivity contribution in [3.63, 3.8) is 0 Å². The van der Waals surface area contributed by atoms with Crippen molar-refractivity contribution in [2.75, 3.05) is 11.6 Å². The first-order valence-corrected chi connectivity index (χ1v) is 8.21. The number of rotatable bonds is 3. The predicted octanol–water partition coefficient (Wildman–Crippen LogP) is 2.44. The molecule has 1 N–H and O–H groups in total. The van der Waals surface area contributed by atoms with Gasteiger partial charge in [0.1, 0.15) is 10.8 Å². The normalized spacial score (nSPS) is 11.2. The van der Waals surface area contributed by atoms with E-state index in [0.717, 1.165) is 6.26 Å². The molecule has 0 fully saturated rings. The minimum Gasteiger partial charge on any atom is -0.319 e. The highest BCUT2D eigenvalue weighted by Gasteiger charge is 2.14. The van der Waals surface area contributed by atoms with Crippen LogP contribution in [0.3, 0.4) is 0 Å². The summed E-state index contributed by atoms with van der Waals surface area (Å²) in [6, 6.07) is 5.62. The number of hydrogen-bond donors (Lipinski definition) is 1. The molecule has 2 aromatic rings.